The summed E-state index contributed by atoms with van der Waals surface area (Å²) < 4.78 is 5.44. The highest BCUT2D eigenvalue weighted by Gasteiger charge is 2.26. The average Bonchev–Trinajstić information content (AvgIpc) is 2.59. The van der Waals surface area contributed by atoms with Gasteiger partial charge in [-0.1, -0.05) is 19.1 Å². The first-order valence-corrected chi connectivity index (χ1v) is 8.07. The Morgan fingerprint density at radius 2 is 1.95 bits per heavy atom. The molecule has 5 nitrogen and oxygen atoms in total. The molecule has 1 aromatic carbocycles. The number of amides is 1. The fourth-order valence-corrected chi connectivity index (χ4v) is 2.80. The summed E-state index contributed by atoms with van der Waals surface area (Å²) in [7, 11) is 1.70. The number of rotatable bonds is 6. The van der Waals surface area contributed by atoms with Gasteiger partial charge in [0.15, 0.2) is 0 Å². The molecule has 1 aliphatic heterocycles. The molecule has 5 heteroatoms. The summed E-state index contributed by atoms with van der Waals surface area (Å²) in [6, 6.07) is 8.03. The van der Waals surface area contributed by atoms with Crippen molar-refractivity contribution in [2.75, 3.05) is 44.7 Å². The van der Waals surface area contributed by atoms with Gasteiger partial charge < -0.3 is 15.0 Å². The van der Waals surface area contributed by atoms with Crippen molar-refractivity contribution in [1.82, 2.24) is 10.2 Å². The van der Waals surface area contributed by atoms with Crippen molar-refractivity contribution >= 4 is 11.6 Å². The molecule has 22 heavy (non-hydrogen) atoms. The molecule has 0 unspecified atom stereocenters. The predicted molar refractivity (Wildman–Crippen MR) is 89.5 cm³/mol. The zero-order valence-corrected chi connectivity index (χ0v) is 13.8. The Balaban J connectivity index is 1.91. The quantitative estimate of drug-likeness (QED) is 0.869. The number of ether oxygens (including phenoxy) is 1. The van der Waals surface area contributed by atoms with Crippen molar-refractivity contribution in [3.8, 4) is 5.75 Å². The van der Waals surface area contributed by atoms with Crippen molar-refractivity contribution in [1.29, 1.82) is 0 Å². The third kappa shape index (κ3) is 3.91. The molecule has 0 radical (unpaired) electrons. The number of carbonyl (C=O) groups is 1. The summed E-state index contributed by atoms with van der Waals surface area (Å²) in [6.45, 7) is 8.40. The lowest BCUT2D eigenvalue weighted by Crippen LogP contribution is -2.54. The van der Waals surface area contributed by atoms with Crippen LogP contribution in [0.4, 0.5) is 5.69 Å². The minimum Gasteiger partial charge on any atom is -0.495 e. The Bertz CT molecular complexity index is 485. The van der Waals surface area contributed by atoms with Gasteiger partial charge in [-0.2, -0.15) is 0 Å². The highest BCUT2D eigenvalue weighted by molar-refractivity contribution is 5.81. The van der Waals surface area contributed by atoms with Crippen LogP contribution in [0.1, 0.15) is 20.3 Å². The second-order valence-electron chi connectivity index (χ2n) is 5.66. The summed E-state index contributed by atoms with van der Waals surface area (Å²) in [4.78, 5) is 16.6. The van der Waals surface area contributed by atoms with Crippen molar-refractivity contribution in [3.05, 3.63) is 24.3 Å². The molecule has 2 rings (SSSR count). The van der Waals surface area contributed by atoms with Crippen molar-refractivity contribution in [2.45, 2.75) is 26.3 Å². The second-order valence-corrected chi connectivity index (χ2v) is 5.66. The van der Waals surface area contributed by atoms with Crippen LogP contribution in [0.15, 0.2) is 24.3 Å². The van der Waals surface area contributed by atoms with Gasteiger partial charge in [0.25, 0.3) is 0 Å². The first-order chi connectivity index (χ1) is 10.7. The van der Waals surface area contributed by atoms with Gasteiger partial charge in [0.1, 0.15) is 5.75 Å². The van der Waals surface area contributed by atoms with Crippen LogP contribution in [0.5, 0.6) is 5.75 Å². The van der Waals surface area contributed by atoms with E-state index in [1.165, 1.54) is 0 Å². The van der Waals surface area contributed by atoms with Crippen LogP contribution in [0, 0.1) is 0 Å². The molecule has 0 saturated carbocycles. The van der Waals surface area contributed by atoms with Crippen LogP contribution < -0.4 is 15.0 Å². The van der Waals surface area contributed by atoms with E-state index in [9.17, 15) is 4.79 Å². The number of carbonyl (C=O) groups excluding carboxylic acids is 1. The number of piperazine rings is 1. The molecule has 0 bridgehead atoms. The minimum atomic E-state index is -0.0635. The number of para-hydroxylation sites is 2. The van der Waals surface area contributed by atoms with Crippen LogP contribution in [0.25, 0.3) is 0 Å². The van der Waals surface area contributed by atoms with Crippen LogP contribution in [0.3, 0.4) is 0 Å². The Kier molecular flexibility index (Phi) is 6.07. The molecule has 122 valence electrons. The average molecular weight is 305 g/mol. The highest BCUT2D eigenvalue weighted by Crippen LogP contribution is 2.28. The number of methoxy groups -OCH3 is 1. The SMILES string of the molecule is CCCNC(=O)[C@@H](C)N1CCN(c2ccccc2OC)CC1. The fraction of sp³-hybridized carbons (Fsp3) is 0.588. The smallest absolute Gasteiger partial charge is 0.237 e. The lowest BCUT2D eigenvalue weighted by molar-refractivity contribution is -0.126. The van der Waals surface area contributed by atoms with E-state index in [1.807, 2.05) is 25.1 Å². The minimum absolute atomic E-state index is 0.0635. The summed E-state index contributed by atoms with van der Waals surface area (Å²) >= 11 is 0. The molecule has 1 heterocycles. The van der Waals surface area contributed by atoms with E-state index in [0.717, 1.165) is 50.6 Å². The fourth-order valence-electron chi connectivity index (χ4n) is 2.80. The maximum Gasteiger partial charge on any atom is 0.237 e. The van der Waals surface area contributed by atoms with Crippen LogP contribution in [0.2, 0.25) is 0 Å². The van der Waals surface area contributed by atoms with Gasteiger partial charge in [0.05, 0.1) is 18.8 Å². The zero-order valence-electron chi connectivity index (χ0n) is 13.8. The number of hydrogen-bond acceptors (Lipinski definition) is 4. The Morgan fingerprint density at radius 3 is 2.59 bits per heavy atom. The predicted octanol–water partition coefficient (Wildman–Crippen LogP) is 1.73. The molecule has 1 fully saturated rings. The van der Waals surface area contributed by atoms with E-state index in [1.54, 1.807) is 7.11 Å². The third-order valence-electron chi connectivity index (χ3n) is 4.22. The molecule has 0 aromatic heterocycles. The van der Waals surface area contributed by atoms with E-state index in [0.29, 0.717) is 0 Å². The molecule has 0 spiro atoms. The lowest BCUT2D eigenvalue weighted by Gasteiger charge is -2.38. The number of hydrogen-bond donors (Lipinski definition) is 1. The number of nitrogens with zero attached hydrogens (tertiary/aromatic N) is 2. The topological polar surface area (TPSA) is 44.8 Å². The summed E-state index contributed by atoms with van der Waals surface area (Å²) in [5, 5.41) is 2.98. The van der Waals surface area contributed by atoms with Crippen molar-refractivity contribution in [2.24, 2.45) is 0 Å². The number of anilines is 1. The maximum absolute atomic E-state index is 12.1. The summed E-state index contributed by atoms with van der Waals surface area (Å²) in [5.74, 6) is 1.04. The van der Waals surface area contributed by atoms with Crippen LogP contribution >= 0.6 is 0 Å². The van der Waals surface area contributed by atoms with Gasteiger partial charge >= 0.3 is 0 Å². The molecule has 1 saturated heterocycles. The van der Waals surface area contributed by atoms with Gasteiger partial charge in [-0.25, -0.2) is 0 Å². The second kappa shape index (κ2) is 8.03. The monoisotopic (exact) mass is 305 g/mol. The normalized spacial score (nSPS) is 17.1. The van der Waals surface area contributed by atoms with E-state index in [-0.39, 0.29) is 11.9 Å². The standard InChI is InChI=1S/C17H27N3O2/c1-4-9-18-17(21)14(2)19-10-12-20(13-11-19)15-7-5-6-8-16(15)22-3/h5-8,14H,4,9-13H2,1-3H3,(H,18,21)/t14-/m1/s1. The Labute approximate surface area is 133 Å². The van der Waals surface area contributed by atoms with E-state index in [2.05, 4.69) is 28.1 Å². The molecule has 0 aliphatic carbocycles. The molecule has 1 aliphatic rings. The summed E-state index contributed by atoms with van der Waals surface area (Å²) in [6.07, 6.45) is 0.972. The molecular formula is C17H27N3O2. The molecule has 1 aromatic rings. The molecule has 1 atom stereocenters. The van der Waals surface area contributed by atoms with Gasteiger partial charge in [-0.3, -0.25) is 9.69 Å². The first kappa shape index (κ1) is 16.6. The third-order valence-corrected chi connectivity index (χ3v) is 4.22. The van der Waals surface area contributed by atoms with E-state index < -0.39 is 0 Å². The Morgan fingerprint density at radius 1 is 1.27 bits per heavy atom. The number of benzene rings is 1. The van der Waals surface area contributed by atoms with Gasteiger partial charge in [-0.05, 0) is 25.5 Å². The van der Waals surface area contributed by atoms with Crippen molar-refractivity contribution < 1.29 is 9.53 Å². The van der Waals surface area contributed by atoms with Crippen LogP contribution in [-0.2, 0) is 4.79 Å². The largest absolute Gasteiger partial charge is 0.495 e. The van der Waals surface area contributed by atoms with E-state index in [4.69, 9.17) is 4.74 Å². The number of nitrogens with one attached hydrogen (secondary N) is 1. The van der Waals surface area contributed by atoms with E-state index >= 15 is 0 Å². The molecular weight excluding hydrogens is 278 g/mol. The van der Waals surface area contributed by atoms with Crippen molar-refractivity contribution in [3.63, 3.8) is 0 Å². The van der Waals surface area contributed by atoms with Gasteiger partial charge in [0, 0.05) is 32.7 Å². The van der Waals surface area contributed by atoms with Gasteiger partial charge in [0.2, 0.25) is 5.91 Å². The van der Waals surface area contributed by atoms with Crippen LogP contribution in [-0.4, -0.2) is 56.7 Å². The summed E-state index contributed by atoms with van der Waals surface area (Å²) in [5.41, 5.74) is 1.13. The zero-order chi connectivity index (χ0) is 15.9. The maximum atomic E-state index is 12.1. The first-order valence-electron chi connectivity index (χ1n) is 8.07. The lowest BCUT2D eigenvalue weighted by atomic mass is 10.2. The molecule has 1 amide bonds. The molecule has 1 N–H and O–H groups in total. The highest BCUT2D eigenvalue weighted by atomic mass is 16.5. The van der Waals surface area contributed by atoms with Gasteiger partial charge in [-0.15, -0.1) is 0 Å². The Hall–Kier alpha value is -1.75.